The summed E-state index contributed by atoms with van der Waals surface area (Å²) in [5, 5.41) is 18.8. The van der Waals surface area contributed by atoms with Crippen LogP contribution in [0, 0.1) is 0 Å². The van der Waals surface area contributed by atoms with E-state index in [4.69, 9.17) is 0 Å². The van der Waals surface area contributed by atoms with Crippen LogP contribution in [0.4, 0.5) is 0 Å². The quantitative estimate of drug-likeness (QED) is 0.645. The van der Waals surface area contributed by atoms with Crippen LogP contribution in [-0.2, 0) is 12.0 Å². The molecule has 1 aromatic carbocycles. The summed E-state index contributed by atoms with van der Waals surface area (Å²) in [4.78, 5) is 0. The van der Waals surface area contributed by atoms with Gasteiger partial charge in [-0.25, -0.2) is 4.57 Å². The summed E-state index contributed by atoms with van der Waals surface area (Å²) in [7, 11) is -1.43. The van der Waals surface area contributed by atoms with E-state index in [1.807, 2.05) is 35.2 Å². The fourth-order valence-corrected chi connectivity index (χ4v) is 2.19. The molecule has 1 heterocycles. The maximum atomic E-state index is 9.38. The average molecular weight is 270 g/mol. The number of benzene rings is 1. The minimum Gasteiger partial charge on any atom is -0.423 e. The zero-order valence-electron chi connectivity index (χ0n) is 12.2. The molecule has 0 fully saturated rings. The molecule has 2 rings (SSSR count). The van der Waals surface area contributed by atoms with Crippen LogP contribution in [0.2, 0.25) is 0 Å². The van der Waals surface area contributed by atoms with E-state index in [0.717, 1.165) is 5.56 Å². The number of pyridine rings is 1. The van der Waals surface area contributed by atoms with Crippen LogP contribution in [0.15, 0.2) is 48.8 Å². The van der Waals surface area contributed by atoms with Crippen molar-refractivity contribution in [2.45, 2.75) is 32.7 Å². The first-order valence-corrected chi connectivity index (χ1v) is 6.81. The minimum atomic E-state index is -1.43. The largest absolute Gasteiger partial charge is 0.488 e. The van der Waals surface area contributed by atoms with Gasteiger partial charge in [0.2, 0.25) is 0 Å². The van der Waals surface area contributed by atoms with Crippen molar-refractivity contribution in [3.05, 3.63) is 59.9 Å². The van der Waals surface area contributed by atoms with E-state index >= 15 is 0 Å². The fraction of sp³-hybridized carbons (Fsp3) is 0.312. The molecule has 0 aliphatic heterocycles. The average Bonchev–Trinajstić information content (AvgIpc) is 2.38. The van der Waals surface area contributed by atoms with Gasteiger partial charge in [-0.05, 0) is 16.4 Å². The highest BCUT2D eigenvalue weighted by molar-refractivity contribution is 6.59. The number of nitrogens with zero attached hydrogens (tertiary/aromatic N) is 1. The van der Waals surface area contributed by atoms with Gasteiger partial charge in [0, 0.05) is 17.7 Å². The van der Waals surface area contributed by atoms with Crippen LogP contribution in [0.25, 0.3) is 0 Å². The molecule has 0 spiro atoms. The van der Waals surface area contributed by atoms with Crippen LogP contribution in [0.5, 0.6) is 0 Å². The van der Waals surface area contributed by atoms with Crippen LogP contribution in [-0.4, -0.2) is 17.2 Å². The molecule has 2 N–H and O–H groups in total. The van der Waals surface area contributed by atoms with E-state index in [0.29, 0.717) is 12.0 Å². The standard InChI is InChI=1S/C16H21BNO2/c1-16(2,3)14-8-10-18(11-9-14)12-13-6-4-5-7-15(13)17(19)20/h4-11,19-20H,12H2,1-3H3/q+1. The topological polar surface area (TPSA) is 44.3 Å². The zero-order chi connectivity index (χ0) is 14.8. The SMILES string of the molecule is CC(C)(C)c1cc[n+](Cc2ccccc2B(O)O)cc1. The van der Waals surface area contributed by atoms with E-state index in [2.05, 4.69) is 32.9 Å². The Morgan fingerprint density at radius 2 is 1.60 bits per heavy atom. The summed E-state index contributed by atoms with van der Waals surface area (Å²) in [6.45, 7) is 7.18. The van der Waals surface area contributed by atoms with Crippen molar-refractivity contribution in [3.8, 4) is 0 Å². The molecular weight excluding hydrogens is 249 g/mol. The molecule has 0 unspecified atom stereocenters. The van der Waals surface area contributed by atoms with Gasteiger partial charge in [-0.15, -0.1) is 0 Å². The summed E-state index contributed by atoms with van der Waals surface area (Å²) in [6, 6.07) is 11.6. The monoisotopic (exact) mass is 270 g/mol. The first kappa shape index (κ1) is 14.8. The molecule has 0 saturated carbocycles. The molecule has 0 radical (unpaired) electrons. The highest BCUT2D eigenvalue weighted by Gasteiger charge is 2.18. The normalized spacial score (nSPS) is 11.4. The molecule has 3 nitrogen and oxygen atoms in total. The Balaban J connectivity index is 2.23. The maximum absolute atomic E-state index is 9.38. The minimum absolute atomic E-state index is 0.137. The zero-order valence-corrected chi connectivity index (χ0v) is 12.2. The van der Waals surface area contributed by atoms with E-state index in [1.165, 1.54) is 5.56 Å². The first-order chi connectivity index (χ1) is 9.38. The lowest BCUT2D eigenvalue weighted by molar-refractivity contribution is -0.688. The van der Waals surface area contributed by atoms with Gasteiger partial charge < -0.3 is 10.0 Å². The number of hydrogen-bond acceptors (Lipinski definition) is 2. The van der Waals surface area contributed by atoms with Gasteiger partial charge in [0.1, 0.15) is 0 Å². The lowest BCUT2D eigenvalue weighted by Crippen LogP contribution is -2.40. The molecule has 0 saturated heterocycles. The lowest BCUT2D eigenvalue weighted by atomic mass is 9.77. The Bertz CT molecular complexity index is 574. The molecule has 20 heavy (non-hydrogen) atoms. The summed E-state index contributed by atoms with van der Waals surface area (Å²) < 4.78 is 2.04. The predicted molar refractivity (Wildman–Crippen MR) is 80.7 cm³/mol. The fourth-order valence-electron chi connectivity index (χ4n) is 2.19. The first-order valence-electron chi connectivity index (χ1n) is 6.81. The van der Waals surface area contributed by atoms with Gasteiger partial charge in [-0.2, -0.15) is 0 Å². The van der Waals surface area contributed by atoms with Crippen LogP contribution < -0.4 is 10.0 Å². The number of hydrogen-bond donors (Lipinski definition) is 2. The molecule has 2 aromatic rings. The second-order valence-electron chi connectivity index (χ2n) is 6.08. The molecule has 0 atom stereocenters. The van der Waals surface area contributed by atoms with Gasteiger partial charge in [-0.1, -0.05) is 45.0 Å². The highest BCUT2D eigenvalue weighted by Crippen LogP contribution is 2.20. The van der Waals surface area contributed by atoms with Gasteiger partial charge in [0.05, 0.1) is 0 Å². The van der Waals surface area contributed by atoms with E-state index < -0.39 is 7.12 Å². The lowest BCUT2D eigenvalue weighted by Gasteiger charge is -2.17. The molecule has 104 valence electrons. The maximum Gasteiger partial charge on any atom is 0.488 e. The van der Waals surface area contributed by atoms with Gasteiger partial charge in [-0.3, -0.25) is 0 Å². The van der Waals surface area contributed by atoms with Crippen molar-refractivity contribution in [1.82, 2.24) is 0 Å². The van der Waals surface area contributed by atoms with Gasteiger partial charge >= 0.3 is 7.12 Å². The van der Waals surface area contributed by atoms with Crippen LogP contribution in [0.1, 0.15) is 31.9 Å². The number of aromatic nitrogens is 1. The number of rotatable bonds is 3. The molecular formula is C16H21BNO2+. The Morgan fingerprint density at radius 3 is 2.15 bits per heavy atom. The Morgan fingerprint density at radius 1 is 1.00 bits per heavy atom. The molecule has 0 amide bonds. The molecule has 0 aliphatic rings. The van der Waals surface area contributed by atoms with Crippen molar-refractivity contribution in [3.63, 3.8) is 0 Å². The smallest absolute Gasteiger partial charge is 0.423 e. The van der Waals surface area contributed by atoms with E-state index in [-0.39, 0.29) is 5.41 Å². The van der Waals surface area contributed by atoms with Crippen molar-refractivity contribution in [1.29, 1.82) is 0 Å². The Labute approximate surface area is 120 Å². The van der Waals surface area contributed by atoms with Crippen LogP contribution in [0.3, 0.4) is 0 Å². The summed E-state index contributed by atoms with van der Waals surface area (Å²) in [5.41, 5.74) is 2.89. The Kier molecular flexibility index (Phi) is 4.26. The summed E-state index contributed by atoms with van der Waals surface area (Å²) >= 11 is 0. The third-order valence-electron chi connectivity index (χ3n) is 3.44. The van der Waals surface area contributed by atoms with Gasteiger partial charge in [0.25, 0.3) is 0 Å². The molecule has 4 heteroatoms. The Hall–Kier alpha value is -1.65. The van der Waals surface area contributed by atoms with Gasteiger partial charge in [0.15, 0.2) is 18.9 Å². The van der Waals surface area contributed by atoms with Crippen molar-refractivity contribution >= 4 is 12.6 Å². The molecule has 0 aliphatic carbocycles. The summed E-state index contributed by atoms with van der Waals surface area (Å²) in [5.74, 6) is 0. The van der Waals surface area contributed by atoms with E-state index in [1.54, 1.807) is 6.07 Å². The second kappa shape index (κ2) is 5.77. The van der Waals surface area contributed by atoms with Crippen molar-refractivity contribution in [2.24, 2.45) is 0 Å². The molecule has 1 aromatic heterocycles. The third-order valence-corrected chi connectivity index (χ3v) is 3.44. The van der Waals surface area contributed by atoms with E-state index in [9.17, 15) is 10.0 Å². The second-order valence-corrected chi connectivity index (χ2v) is 6.08. The van der Waals surface area contributed by atoms with Crippen LogP contribution >= 0.6 is 0 Å². The molecule has 0 bridgehead atoms. The predicted octanol–water partition coefficient (Wildman–Crippen LogP) is 1.000. The van der Waals surface area contributed by atoms with Crippen molar-refractivity contribution in [2.75, 3.05) is 0 Å². The third kappa shape index (κ3) is 3.47. The highest BCUT2D eigenvalue weighted by atomic mass is 16.4. The van der Waals surface area contributed by atoms with Crippen molar-refractivity contribution < 1.29 is 14.6 Å². The summed E-state index contributed by atoms with van der Waals surface area (Å²) in [6.07, 6.45) is 4.06.